The second kappa shape index (κ2) is 5.21. The summed E-state index contributed by atoms with van der Waals surface area (Å²) in [6.07, 6.45) is 2.09. The van der Waals surface area contributed by atoms with Gasteiger partial charge in [0.1, 0.15) is 12.4 Å². The van der Waals surface area contributed by atoms with Crippen LogP contribution in [0.1, 0.15) is 24.0 Å². The number of nitrogens with one attached hydrogen (secondary N) is 1. The molecule has 3 nitrogen and oxygen atoms in total. The van der Waals surface area contributed by atoms with Gasteiger partial charge in [-0.1, -0.05) is 6.07 Å². The summed E-state index contributed by atoms with van der Waals surface area (Å²) in [7, 11) is 0. The van der Waals surface area contributed by atoms with Gasteiger partial charge in [0.2, 0.25) is 5.91 Å². The zero-order valence-electron chi connectivity index (χ0n) is 10.5. The minimum absolute atomic E-state index is 0.175. The van der Waals surface area contributed by atoms with Crippen molar-refractivity contribution in [2.45, 2.75) is 26.7 Å². The van der Waals surface area contributed by atoms with Crippen LogP contribution in [0, 0.1) is 19.8 Å². The van der Waals surface area contributed by atoms with Crippen LogP contribution >= 0.6 is 0 Å². The van der Waals surface area contributed by atoms with Gasteiger partial charge in [-0.2, -0.15) is 0 Å². The molecule has 1 amide bonds. The smallest absolute Gasteiger partial charge is 0.223 e. The van der Waals surface area contributed by atoms with Crippen molar-refractivity contribution in [2.24, 2.45) is 5.92 Å². The number of amides is 1. The maximum Gasteiger partial charge on any atom is 0.223 e. The van der Waals surface area contributed by atoms with Crippen molar-refractivity contribution < 1.29 is 9.53 Å². The molecule has 0 spiro atoms. The molecule has 0 aromatic heterocycles. The molecule has 0 atom stereocenters. The maximum absolute atomic E-state index is 11.4. The Balaban J connectivity index is 1.71. The predicted octanol–water partition coefficient (Wildman–Crippen LogP) is 2.21. The number of rotatable bonds is 5. The van der Waals surface area contributed by atoms with Crippen molar-refractivity contribution in [3.05, 3.63) is 29.3 Å². The minimum Gasteiger partial charge on any atom is -0.492 e. The number of benzene rings is 1. The van der Waals surface area contributed by atoms with Crippen LogP contribution in [0.5, 0.6) is 5.75 Å². The highest BCUT2D eigenvalue weighted by atomic mass is 16.5. The van der Waals surface area contributed by atoms with Gasteiger partial charge >= 0.3 is 0 Å². The van der Waals surface area contributed by atoms with E-state index >= 15 is 0 Å². The molecule has 92 valence electrons. The summed E-state index contributed by atoms with van der Waals surface area (Å²) in [5, 5.41) is 2.88. The van der Waals surface area contributed by atoms with Gasteiger partial charge in [-0.05, 0) is 49.9 Å². The van der Waals surface area contributed by atoms with Gasteiger partial charge in [0.25, 0.3) is 0 Å². The van der Waals surface area contributed by atoms with Crippen molar-refractivity contribution in [1.82, 2.24) is 5.32 Å². The Labute approximate surface area is 102 Å². The number of carbonyl (C=O) groups is 1. The lowest BCUT2D eigenvalue weighted by Gasteiger charge is -2.09. The predicted molar refractivity (Wildman–Crippen MR) is 67.1 cm³/mol. The molecule has 1 N–H and O–H groups in total. The molecule has 0 unspecified atom stereocenters. The molecule has 1 fully saturated rings. The first-order chi connectivity index (χ1) is 8.15. The van der Waals surface area contributed by atoms with E-state index in [1.807, 2.05) is 12.1 Å². The fourth-order valence-corrected chi connectivity index (χ4v) is 1.85. The fourth-order valence-electron chi connectivity index (χ4n) is 1.85. The highest BCUT2D eigenvalue weighted by Gasteiger charge is 2.28. The van der Waals surface area contributed by atoms with Crippen molar-refractivity contribution in [1.29, 1.82) is 0 Å². The number of hydrogen-bond donors (Lipinski definition) is 1. The summed E-state index contributed by atoms with van der Waals surface area (Å²) in [6.45, 7) is 5.22. The molecule has 1 aliphatic carbocycles. The number of hydrogen-bond acceptors (Lipinski definition) is 2. The monoisotopic (exact) mass is 233 g/mol. The minimum atomic E-state index is 0.175. The Kier molecular flexibility index (Phi) is 3.67. The van der Waals surface area contributed by atoms with Gasteiger partial charge in [-0.3, -0.25) is 4.79 Å². The first-order valence-corrected chi connectivity index (χ1v) is 6.14. The van der Waals surface area contributed by atoms with Crippen molar-refractivity contribution in [2.75, 3.05) is 13.2 Å². The summed E-state index contributed by atoms with van der Waals surface area (Å²) in [4.78, 5) is 11.4. The summed E-state index contributed by atoms with van der Waals surface area (Å²) in [6, 6.07) is 6.13. The third-order valence-electron chi connectivity index (χ3n) is 2.81. The fraction of sp³-hybridized carbons (Fsp3) is 0.500. The van der Waals surface area contributed by atoms with E-state index in [2.05, 4.69) is 25.2 Å². The van der Waals surface area contributed by atoms with E-state index in [1.165, 1.54) is 11.1 Å². The van der Waals surface area contributed by atoms with Gasteiger partial charge in [0.05, 0.1) is 6.54 Å². The molecular formula is C14H19NO2. The second-order valence-electron chi connectivity index (χ2n) is 4.74. The average Bonchev–Trinajstić information content (AvgIpc) is 3.06. The summed E-state index contributed by atoms with van der Waals surface area (Å²) >= 11 is 0. The average molecular weight is 233 g/mol. The molecule has 0 radical (unpaired) electrons. The molecular weight excluding hydrogens is 214 g/mol. The van der Waals surface area contributed by atoms with Crippen LogP contribution in [-0.4, -0.2) is 19.1 Å². The topological polar surface area (TPSA) is 38.3 Å². The van der Waals surface area contributed by atoms with E-state index in [-0.39, 0.29) is 11.8 Å². The molecule has 2 rings (SSSR count). The third-order valence-corrected chi connectivity index (χ3v) is 2.81. The van der Waals surface area contributed by atoms with E-state index in [4.69, 9.17) is 4.74 Å². The lowest BCUT2D eigenvalue weighted by molar-refractivity contribution is -0.122. The largest absolute Gasteiger partial charge is 0.492 e. The Morgan fingerprint density at radius 3 is 2.53 bits per heavy atom. The van der Waals surface area contributed by atoms with Crippen molar-refractivity contribution in [3.63, 3.8) is 0 Å². The maximum atomic E-state index is 11.4. The highest BCUT2D eigenvalue weighted by Crippen LogP contribution is 2.28. The molecule has 1 aromatic carbocycles. The van der Waals surface area contributed by atoms with E-state index in [9.17, 15) is 4.79 Å². The third kappa shape index (κ3) is 3.77. The number of ether oxygens (including phenoxy) is 1. The van der Waals surface area contributed by atoms with Gasteiger partial charge in [-0.25, -0.2) is 0 Å². The van der Waals surface area contributed by atoms with Gasteiger partial charge in [0, 0.05) is 5.92 Å². The highest BCUT2D eigenvalue weighted by molar-refractivity contribution is 5.80. The van der Waals surface area contributed by atoms with Crippen LogP contribution in [-0.2, 0) is 4.79 Å². The van der Waals surface area contributed by atoms with Crippen LogP contribution < -0.4 is 10.1 Å². The van der Waals surface area contributed by atoms with Gasteiger partial charge < -0.3 is 10.1 Å². The van der Waals surface area contributed by atoms with Crippen molar-refractivity contribution >= 4 is 5.91 Å². The number of carbonyl (C=O) groups excluding carboxylic acids is 1. The molecule has 0 heterocycles. The quantitative estimate of drug-likeness (QED) is 0.792. The zero-order valence-corrected chi connectivity index (χ0v) is 10.5. The van der Waals surface area contributed by atoms with E-state index in [0.717, 1.165) is 18.6 Å². The summed E-state index contributed by atoms with van der Waals surface area (Å²) in [5.74, 6) is 1.33. The Morgan fingerprint density at radius 1 is 1.29 bits per heavy atom. The molecule has 1 aliphatic rings. The van der Waals surface area contributed by atoms with Crippen LogP contribution in [0.3, 0.4) is 0 Å². The lowest BCUT2D eigenvalue weighted by Crippen LogP contribution is -2.29. The summed E-state index contributed by atoms with van der Waals surface area (Å²) < 4.78 is 5.60. The van der Waals surface area contributed by atoms with E-state index < -0.39 is 0 Å². The summed E-state index contributed by atoms with van der Waals surface area (Å²) in [5.41, 5.74) is 2.39. The normalized spacial score (nSPS) is 14.5. The van der Waals surface area contributed by atoms with Crippen LogP contribution in [0.15, 0.2) is 18.2 Å². The van der Waals surface area contributed by atoms with E-state index in [0.29, 0.717) is 13.2 Å². The molecule has 3 heteroatoms. The first kappa shape index (κ1) is 12.0. The van der Waals surface area contributed by atoms with Crippen LogP contribution in [0.4, 0.5) is 0 Å². The Hall–Kier alpha value is -1.51. The number of aryl methyl sites for hydroxylation is 2. The molecule has 1 aromatic rings. The van der Waals surface area contributed by atoms with Gasteiger partial charge in [0.15, 0.2) is 0 Å². The standard InChI is InChI=1S/C14H19NO2/c1-10-7-11(2)9-13(8-10)17-6-5-15-14(16)12-3-4-12/h7-9,12H,3-6H2,1-2H3,(H,15,16). The van der Waals surface area contributed by atoms with Crippen LogP contribution in [0.2, 0.25) is 0 Å². The van der Waals surface area contributed by atoms with Crippen LogP contribution in [0.25, 0.3) is 0 Å². The first-order valence-electron chi connectivity index (χ1n) is 6.14. The molecule has 1 saturated carbocycles. The molecule has 0 aliphatic heterocycles. The molecule has 0 saturated heterocycles. The second-order valence-corrected chi connectivity index (χ2v) is 4.74. The Morgan fingerprint density at radius 2 is 1.94 bits per heavy atom. The SMILES string of the molecule is Cc1cc(C)cc(OCCNC(=O)C2CC2)c1. The lowest BCUT2D eigenvalue weighted by atomic mass is 10.1. The van der Waals surface area contributed by atoms with E-state index in [1.54, 1.807) is 0 Å². The molecule has 17 heavy (non-hydrogen) atoms. The van der Waals surface area contributed by atoms with Gasteiger partial charge in [-0.15, -0.1) is 0 Å². The Bertz CT molecular complexity index is 390. The zero-order chi connectivity index (χ0) is 12.3. The van der Waals surface area contributed by atoms with Crippen molar-refractivity contribution in [3.8, 4) is 5.75 Å². The molecule has 0 bridgehead atoms.